The van der Waals surface area contributed by atoms with Crippen molar-refractivity contribution in [3.63, 3.8) is 0 Å². The molecule has 1 aromatic heterocycles. The molecule has 0 radical (unpaired) electrons. The van der Waals surface area contributed by atoms with Crippen molar-refractivity contribution in [3.05, 3.63) is 58.1 Å². The summed E-state index contributed by atoms with van der Waals surface area (Å²) < 4.78 is 47.7. The fourth-order valence-electron chi connectivity index (χ4n) is 2.23. The number of fused-ring (bicyclic) bond motifs is 1. The number of aromatic nitrogens is 1. The Morgan fingerprint density at radius 3 is 2.43 bits per heavy atom. The predicted octanol–water partition coefficient (Wildman–Crippen LogP) is 2.85. The molecule has 1 heterocycles. The van der Waals surface area contributed by atoms with Gasteiger partial charge >= 0.3 is 5.76 Å². The molecule has 1 atom stereocenters. The zero-order valence-corrected chi connectivity index (χ0v) is 13.0. The van der Waals surface area contributed by atoms with Crippen LogP contribution in [-0.4, -0.2) is 8.78 Å². The maximum atomic E-state index is 13.2. The Hall–Kier alpha value is -2.48. The quantitative estimate of drug-likeness (QED) is 0.799. The second kappa shape index (κ2) is 5.62. The van der Waals surface area contributed by atoms with Crippen molar-refractivity contribution in [1.29, 1.82) is 0 Å². The molecule has 3 rings (SSSR count). The second-order valence-electron chi connectivity index (χ2n) is 5.04. The minimum Gasteiger partial charge on any atom is -0.408 e. The van der Waals surface area contributed by atoms with E-state index in [0.29, 0.717) is 21.6 Å². The van der Waals surface area contributed by atoms with E-state index in [-0.39, 0.29) is 5.69 Å². The standard InChI is InChI=1S/C15H12F2N2O3S/c1-8-3-13-12(19(2)15(20)22-13)7-14(8)23(21)18-11-5-9(16)4-10(17)6-11/h3-7,18H,1-2H3. The number of hydrogen-bond acceptors (Lipinski definition) is 3. The number of halogens is 2. The van der Waals surface area contributed by atoms with Gasteiger partial charge in [-0.15, -0.1) is 0 Å². The normalized spacial score (nSPS) is 12.5. The molecule has 3 aromatic rings. The molecule has 0 aliphatic rings. The van der Waals surface area contributed by atoms with Crippen molar-refractivity contribution in [2.24, 2.45) is 7.05 Å². The summed E-state index contributed by atoms with van der Waals surface area (Å²) in [6.45, 7) is 1.70. The van der Waals surface area contributed by atoms with Crippen LogP contribution in [0.1, 0.15) is 5.56 Å². The maximum Gasteiger partial charge on any atom is 0.419 e. The average Bonchev–Trinajstić information content (AvgIpc) is 2.71. The van der Waals surface area contributed by atoms with Crippen LogP contribution in [0.3, 0.4) is 0 Å². The Kier molecular flexibility index (Phi) is 3.77. The van der Waals surface area contributed by atoms with Gasteiger partial charge in [0.2, 0.25) is 0 Å². The van der Waals surface area contributed by atoms with Gasteiger partial charge in [0.15, 0.2) is 16.6 Å². The molecule has 2 aromatic carbocycles. The van der Waals surface area contributed by atoms with Crippen LogP contribution >= 0.6 is 0 Å². The van der Waals surface area contributed by atoms with Crippen LogP contribution in [0.2, 0.25) is 0 Å². The van der Waals surface area contributed by atoms with E-state index in [1.807, 2.05) is 0 Å². The summed E-state index contributed by atoms with van der Waals surface area (Å²) in [6.07, 6.45) is 0. The van der Waals surface area contributed by atoms with E-state index < -0.39 is 28.4 Å². The van der Waals surface area contributed by atoms with Crippen molar-refractivity contribution >= 4 is 27.8 Å². The minimum atomic E-state index is -1.76. The van der Waals surface area contributed by atoms with E-state index in [1.54, 1.807) is 19.1 Å². The largest absolute Gasteiger partial charge is 0.419 e. The van der Waals surface area contributed by atoms with Crippen molar-refractivity contribution in [3.8, 4) is 0 Å². The molecule has 0 spiro atoms. The van der Waals surface area contributed by atoms with Crippen LogP contribution in [0, 0.1) is 18.6 Å². The minimum absolute atomic E-state index is 0.0569. The molecule has 1 unspecified atom stereocenters. The molecule has 0 saturated heterocycles. The lowest BCUT2D eigenvalue weighted by Gasteiger charge is -2.09. The van der Waals surface area contributed by atoms with Gasteiger partial charge in [0.1, 0.15) is 11.6 Å². The predicted molar refractivity (Wildman–Crippen MR) is 82.6 cm³/mol. The lowest BCUT2D eigenvalue weighted by molar-refractivity contribution is 0.528. The smallest absolute Gasteiger partial charge is 0.408 e. The van der Waals surface area contributed by atoms with Gasteiger partial charge in [0, 0.05) is 13.1 Å². The molecule has 8 heteroatoms. The van der Waals surface area contributed by atoms with Crippen molar-refractivity contribution in [1.82, 2.24) is 4.57 Å². The molecule has 5 nitrogen and oxygen atoms in total. The zero-order valence-electron chi connectivity index (χ0n) is 12.2. The highest BCUT2D eigenvalue weighted by atomic mass is 32.2. The topological polar surface area (TPSA) is 64.2 Å². The first-order valence-corrected chi connectivity index (χ1v) is 7.75. The van der Waals surface area contributed by atoms with Gasteiger partial charge in [0.25, 0.3) is 0 Å². The van der Waals surface area contributed by atoms with E-state index >= 15 is 0 Å². The first kappa shape index (κ1) is 15.4. The molecular formula is C15H12F2N2O3S. The first-order valence-electron chi connectivity index (χ1n) is 6.60. The molecule has 0 aliphatic heterocycles. The Bertz CT molecular complexity index is 974. The van der Waals surface area contributed by atoms with E-state index in [2.05, 4.69) is 4.72 Å². The third kappa shape index (κ3) is 2.89. The average molecular weight is 338 g/mol. The fourth-order valence-corrected chi connectivity index (χ4v) is 3.24. The molecule has 0 aliphatic carbocycles. The zero-order chi connectivity index (χ0) is 16.7. The van der Waals surface area contributed by atoms with E-state index in [9.17, 15) is 17.8 Å². The third-order valence-electron chi connectivity index (χ3n) is 3.36. The Morgan fingerprint density at radius 2 is 1.78 bits per heavy atom. The van der Waals surface area contributed by atoms with Gasteiger partial charge in [0.05, 0.1) is 16.1 Å². The van der Waals surface area contributed by atoms with Crippen molar-refractivity contribution < 1.29 is 17.4 Å². The lowest BCUT2D eigenvalue weighted by Crippen LogP contribution is -2.09. The Labute approximate surface area is 132 Å². The molecule has 23 heavy (non-hydrogen) atoms. The van der Waals surface area contributed by atoms with Gasteiger partial charge in [-0.05, 0) is 36.8 Å². The van der Waals surface area contributed by atoms with Crippen LogP contribution in [0.4, 0.5) is 14.5 Å². The molecular weight excluding hydrogens is 326 g/mol. The summed E-state index contributed by atoms with van der Waals surface area (Å²) >= 11 is 0. The fraction of sp³-hybridized carbons (Fsp3) is 0.133. The van der Waals surface area contributed by atoms with Crippen LogP contribution in [0.5, 0.6) is 0 Å². The summed E-state index contributed by atoms with van der Waals surface area (Å²) in [5.41, 5.74) is 1.54. The maximum absolute atomic E-state index is 13.2. The van der Waals surface area contributed by atoms with Crippen LogP contribution in [0.15, 0.2) is 44.4 Å². The van der Waals surface area contributed by atoms with Gasteiger partial charge in [-0.25, -0.2) is 17.8 Å². The summed E-state index contributed by atoms with van der Waals surface area (Å²) in [4.78, 5) is 11.9. The highest BCUT2D eigenvalue weighted by molar-refractivity contribution is 7.86. The lowest BCUT2D eigenvalue weighted by atomic mass is 10.2. The van der Waals surface area contributed by atoms with Crippen LogP contribution in [-0.2, 0) is 18.0 Å². The van der Waals surface area contributed by atoms with Gasteiger partial charge in [-0.3, -0.25) is 4.57 Å². The number of benzene rings is 2. The number of nitrogens with zero attached hydrogens (tertiary/aromatic N) is 1. The highest BCUT2D eigenvalue weighted by Gasteiger charge is 2.14. The molecule has 1 N–H and O–H groups in total. The summed E-state index contributed by atoms with van der Waals surface area (Å²) in [7, 11) is -0.225. The van der Waals surface area contributed by atoms with E-state index in [0.717, 1.165) is 18.2 Å². The van der Waals surface area contributed by atoms with Crippen molar-refractivity contribution in [2.75, 3.05) is 4.72 Å². The van der Waals surface area contributed by atoms with E-state index in [4.69, 9.17) is 4.42 Å². The summed E-state index contributed by atoms with van der Waals surface area (Å²) in [6, 6.07) is 5.96. The third-order valence-corrected chi connectivity index (χ3v) is 4.62. The highest BCUT2D eigenvalue weighted by Crippen LogP contribution is 2.23. The number of rotatable bonds is 3. The number of nitrogens with one attached hydrogen (secondary N) is 1. The van der Waals surface area contributed by atoms with Crippen LogP contribution in [0.25, 0.3) is 11.1 Å². The molecule has 0 bridgehead atoms. The summed E-state index contributed by atoms with van der Waals surface area (Å²) in [5.74, 6) is -2.06. The molecule has 0 amide bonds. The van der Waals surface area contributed by atoms with Gasteiger partial charge < -0.3 is 9.14 Å². The molecule has 0 fully saturated rings. The van der Waals surface area contributed by atoms with E-state index in [1.165, 1.54) is 11.6 Å². The number of anilines is 1. The van der Waals surface area contributed by atoms with Crippen molar-refractivity contribution in [2.45, 2.75) is 11.8 Å². The first-order chi connectivity index (χ1) is 10.8. The summed E-state index contributed by atoms with van der Waals surface area (Å²) in [5, 5.41) is 0. The second-order valence-corrected chi connectivity index (χ2v) is 6.22. The Morgan fingerprint density at radius 1 is 1.13 bits per heavy atom. The number of hydrogen-bond donors (Lipinski definition) is 1. The number of aryl methyl sites for hydroxylation is 2. The molecule has 120 valence electrons. The SMILES string of the molecule is Cc1cc2oc(=O)n(C)c2cc1S(=O)Nc1cc(F)cc(F)c1. The number of oxazole rings is 1. The molecule has 0 saturated carbocycles. The monoisotopic (exact) mass is 338 g/mol. The van der Waals surface area contributed by atoms with Gasteiger partial charge in [-0.1, -0.05) is 0 Å². The van der Waals surface area contributed by atoms with Gasteiger partial charge in [-0.2, -0.15) is 0 Å². The Balaban J connectivity index is 2.01. The van der Waals surface area contributed by atoms with Crippen LogP contribution < -0.4 is 10.5 Å².